The third-order valence-electron chi connectivity index (χ3n) is 2.49. The van der Waals surface area contributed by atoms with E-state index in [2.05, 4.69) is 12.7 Å². The lowest BCUT2D eigenvalue weighted by Crippen LogP contribution is -1.90. The number of hydrogen-bond donors (Lipinski definition) is 0. The van der Waals surface area contributed by atoms with Gasteiger partial charge in [0.1, 0.15) is 0 Å². The molecule has 1 aromatic carbocycles. The van der Waals surface area contributed by atoms with E-state index in [9.17, 15) is 10.1 Å². The van der Waals surface area contributed by atoms with Gasteiger partial charge >= 0.3 is 0 Å². The lowest BCUT2D eigenvalue weighted by Gasteiger charge is -2.08. The van der Waals surface area contributed by atoms with Gasteiger partial charge in [-0.3, -0.25) is 10.1 Å². The Hall–Kier alpha value is -2.16. The molecule has 1 aromatic rings. The van der Waals surface area contributed by atoms with Crippen LogP contribution in [0.25, 0.3) is 5.57 Å². The minimum atomic E-state index is -0.392. The van der Waals surface area contributed by atoms with Crippen LogP contribution in [0.3, 0.4) is 0 Å². The summed E-state index contributed by atoms with van der Waals surface area (Å²) in [6.07, 6.45) is 6.86. The molecule has 1 aliphatic carbocycles. The third kappa shape index (κ3) is 2.08. The first kappa shape index (κ1) is 10.4. The van der Waals surface area contributed by atoms with Crippen molar-refractivity contribution in [1.82, 2.24) is 0 Å². The molecule has 0 N–H and O–H groups in total. The van der Waals surface area contributed by atoms with E-state index < -0.39 is 4.92 Å². The van der Waals surface area contributed by atoms with Gasteiger partial charge in [-0.25, -0.2) is 0 Å². The zero-order chi connectivity index (χ0) is 11.5. The molecular weight excluding hydrogens is 202 g/mol. The molecule has 0 saturated carbocycles. The van der Waals surface area contributed by atoms with Crippen LogP contribution < -0.4 is 0 Å². The van der Waals surface area contributed by atoms with Crippen molar-refractivity contribution in [1.29, 1.82) is 0 Å². The second-order valence-electron chi connectivity index (χ2n) is 3.66. The fraction of sp³-hybridized carbons (Fsp3) is 0.0769. The van der Waals surface area contributed by atoms with Crippen LogP contribution in [0, 0.1) is 10.1 Å². The first-order valence-electron chi connectivity index (χ1n) is 4.97. The highest BCUT2D eigenvalue weighted by Gasteiger charge is 2.06. The first-order chi connectivity index (χ1) is 7.66. The summed E-state index contributed by atoms with van der Waals surface area (Å²) in [5.74, 6) is 0. The highest BCUT2D eigenvalue weighted by atomic mass is 16.6. The topological polar surface area (TPSA) is 43.1 Å². The molecule has 0 fully saturated rings. The van der Waals surface area contributed by atoms with E-state index in [1.54, 1.807) is 12.1 Å². The van der Waals surface area contributed by atoms with Gasteiger partial charge in [0.2, 0.25) is 0 Å². The molecule has 0 aliphatic heterocycles. The van der Waals surface area contributed by atoms with Crippen LogP contribution in [-0.4, -0.2) is 4.92 Å². The lowest BCUT2D eigenvalue weighted by atomic mass is 9.97. The summed E-state index contributed by atoms with van der Waals surface area (Å²) in [4.78, 5) is 10.1. The number of allylic oxidation sites excluding steroid dienone is 5. The van der Waals surface area contributed by atoms with E-state index in [0.29, 0.717) is 0 Å². The molecule has 0 radical (unpaired) electrons. The van der Waals surface area contributed by atoms with Crippen LogP contribution in [0.4, 0.5) is 5.69 Å². The Morgan fingerprint density at radius 1 is 1.19 bits per heavy atom. The summed E-state index contributed by atoms with van der Waals surface area (Å²) in [6, 6.07) is 6.58. The summed E-state index contributed by atoms with van der Waals surface area (Å²) < 4.78 is 0. The van der Waals surface area contributed by atoms with Gasteiger partial charge in [0, 0.05) is 12.1 Å². The summed E-state index contributed by atoms with van der Waals surface area (Å²) in [7, 11) is 0. The van der Waals surface area contributed by atoms with Crippen molar-refractivity contribution < 1.29 is 4.92 Å². The van der Waals surface area contributed by atoms with Crippen LogP contribution in [0.1, 0.15) is 12.0 Å². The zero-order valence-corrected chi connectivity index (χ0v) is 8.72. The van der Waals surface area contributed by atoms with Crippen LogP contribution in [0.2, 0.25) is 0 Å². The number of non-ortho nitro benzene ring substituents is 1. The molecule has 0 saturated heterocycles. The van der Waals surface area contributed by atoms with Gasteiger partial charge in [0.25, 0.3) is 5.69 Å². The maximum Gasteiger partial charge on any atom is 0.269 e. The molecule has 0 atom stereocenters. The van der Waals surface area contributed by atoms with Crippen LogP contribution in [0.5, 0.6) is 0 Å². The van der Waals surface area contributed by atoms with Gasteiger partial charge in [0.05, 0.1) is 4.92 Å². The fourth-order valence-electron chi connectivity index (χ4n) is 1.57. The number of benzene rings is 1. The standard InChI is InChI=1S/C13H11NO2/c1-10-2-4-11(5-3-10)12-6-8-13(9-7-12)14(15)16/h2,4-9H,1,3H2. The second kappa shape index (κ2) is 4.14. The molecule has 3 nitrogen and oxygen atoms in total. The van der Waals surface area contributed by atoms with Crippen molar-refractivity contribution in [2.24, 2.45) is 0 Å². The molecule has 0 heterocycles. The highest BCUT2D eigenvalue weighted by Crippen LogP contribution is 2.24. The summed E-state index contributed by atoms with van der Waals surface area (Å²) in [5, 5.41) is 10.5. The maximum atomic E-state index is 10.5. The Kier molecular flexibility index (Phi) is 2.68. The van der Waals surface area contributed by atoms with Gasteiger partial charge in [-0.15, -0.1) is 0 Å². The van der Waals surface area contributed by atoms with Gasteiger partial charge in [0.15, 0.2) is 0 Å². The van der Waals surface area contributed by atoms with Crippen LogP contribution >= 0.6 is 0 Å². The van der Waals surface area contributed by atoms with Crippen LogP contribution in [0.15, 0.2) is 54.6 Å². The summed E-state index contributed by atoms with van der Waals surface area (Å²) in [6.45, 7) is 3.86. The average molecular weight is 213 g/mol. The zero-order valence-electron chi connectivity index (χ0n) is 8.72. The molecule has 0 bridgehead atoms. The van der Waals surface area contributed by atoms with Crippen LogP contribution in [-0.2, 0) is 0 Å². The van der Waals surface area contributed by atoms with Crippen molar-refractivity contribution in [2.45, 2.75) is 6.42 Å². The number of hydrogen-bond acceptors (Lipinski definition) is 2. The normalized spacial score (nSPS) is 14.8. The third-order valence-corrected chi connectivity index (χ3v) is 2.49. The number of nitrogens with zero attached hydrogens (tertiary/aromatic N) is 1. The fourth-order valence-corrected chi connectivity index (χ4v) is 1.57. The van der Waals surface area contributed by atoms with E-state index >= 15 is 0 Å². The van der Waals surface area contributed by atoms with E-state index in [-0.39, 0.29) is 5.69 Å². The monoisotopic (exact) mass is 213 g/mol. The predicted molar refractivity (Wildman–Crippen MR) is 64.0 cm³/mol. The molecule has 80 valence electrons. The summed E-state index contributed by atoms with van der Waals surface area (Å²) >= 11 is 0. The number of nitro groups is 1. The quantitative estimate of drug-likeness (QED) is 0.557. The van der Waals surface area contributed by atoms with E-state index in [4.69, 9.17) is 0 Å². The van der Waals surface area contributed by atoms with E-state index in [1.165, 1.54) is 12.1 Å². The molecule has 0 aromatic heterocycles. The van der Waals surface area contributed by atoms with Crippen molar-refractivity contribution in [3.05, 3.63) is 70.3 Å². The molecule has 3 heteroatoms. The predicted octanol–water partition coefficient (Wildman–Crippen LogP) is 3.49. The van der Waals surface area contributed by atoms with Gasteiger partial charge in [-0.2, -0.15) is 0 Å². The molecule has 0 spiro atoms. The Bertz CT molecular complexity index is 495. The second-order valence-corrected chi connectivity index (χ2v) is 3.66. The van der Waals surface area contributed by atoms with Crippen molar-refractivity contribution >= 4 is 11.3 Å². The van der Waals surface area contributed by atoms with Gasteiger partial charge in [-0.1, -0.05) is 30.4 Å². The van der Waals surface area contributed by atoms with E-state index in [1.807, 2.05) is 12.2 Å². The molecule has 1 aliphatic rings. The molecule has 0 amide bonds. The average Bonchev–Trinajstić information content (AvgIpc) is 2.30. The first-order valence-corrected chi connectivity index (χ1v) is 4.97. The minimum absolute atomic E-state index is 0.119. The number of nitro benzene ring substituents is 1. The van der Waals surface area contributed by atoms with Crippen molar-refractivity contribution in [2.75, 3.05) is 0 Å². The minimum Gasteiger partial charge on any atom is -0.258 e. The molecule has 16 heavy (non-hydrogen) atoms. The Morgan fingerprint density at radius 2 is 1.88 bits per heavy atom. The van der Waals surface area contributed by atoms with Gasteiger partial charge in [-0.05, 0) is 29.7 Å². The molecule has 0 unspecified atom stereocenters. The highest BCUT2D eigenvalue weighted by molar-refractivity contribution is 5.76. The summed E-state index contributed by atoms with van der Waals surface area (Å²) in [5.41, 5.74) is 3.27. The Labute approximate surface area is 93.6 Å². The lowest BCUT2D eigenvalue weighted by molar-refractivity contribution is -0.384. The molecule has 2 rings (SSSR count). The van der Waals surface area contributed by atoms with E-state index in [0.717, 1.165) is 23.1 Å². The number of rotatable bonds is 2. The SMILES string of the molecule is C=C1C=CC(c2ccc([N+](=O)[O-])cc2)=CC1. The Balaban J connectivity index is 2.26. The van der Waals surface area contributed by atoms with Crippen molar-refractivity contribution in [3.63, 3.8) is 0 Å². The smallest absolute Gasteiger partial charge is 0.258 e. The molecular formula is C13H11NO2. The van der Waals surface area contributed by atoms with Crippen molar-refractivity contribution in [3.8, 4) is 0 Å². The van der Waals surface area contributed by atoms with Gasteiger partial charge < -0.3 is 0 Å². The maximum absolute atomic E-state index is 10.5. The Morgan fingerprint density at radius 3 is 2.38 bits per heavy atom. The largest absolute Gasteiger partial charge is 0.269 e.